The predicted octanol–water partition coefficient (Wildman–Crippen LogP) is 3.01. The number of para-hydroxylation sites is 1. The largest absolute Gasteiger partial charge is 0.267 e. The summed E-state index contributed by atoms with van der Waals surface area (Å²) in [6, 6.07) is 7.43. The molecule has 4 nitrogen and oxygen atoms in total. The van der Waals surface area contributed by atoms with Gasteiger partial charge in [-0.15, -0.1) is 11.3 Å². The van der Waals surface area contributed by atoms with E-state index in [0.717, 1.165) is 16.6 Å². The molecule has 0 bridgehead atoms. The number of hydrogen-bond acceptors (Lipinski definition) is 4. The zero-order valence-corrected chi connectivity index (χ0v) is 12.9. The Bertz CT molecular complexity index is 636. The number of fused-ring (bicyclic) bond motifs is 1. The van der Waals surface area contributed by atoms with E-state index in [2.05, 4.69) is 30.5 Å². The van der Waals surface area contributed by atoms with Crippen LogP contribution in [0.5, 0.6) is 0 Å². The molecule has 2 aromatic rings. The summed E-state index contributed by atoms with van der Waals surface area (Å²) in [4.78, 5) is 4.17. The van der Waals surface area contributed by atoms with Gasteiger partial charge in [0.2, 0.25) is 4.34 Å². The van der Waals surface area contributed by atoms with Crippen molar-refractivity contribution in [3.8, 4) is 0 Å². The summed E-state index contributed by atoms with van der Waals surface area (Å²) >= 11 is 1.20. The van der Waals surface area contributed by atoms with Gasteiger partial charge in [0.25, 0.3) is 10.0 Å². The van der Waals surface area contributed by atoms with Crippen molar-refractivity contribution in [2.45, 2.75) is 31.5 Å². The maximum atomic E-state index is 12.1. The first kappa shape index (κ1) is 14.4. The van der Waals surface area contributed by atoms with E-state index in [1.165, 1.54) is 11.3 Å². The van der Waals surface area contributed by atoms with E-state index in [4.69, 9.17) is 0 Å². The van der Waals surface area contributed by atoms with Crippen molar-refractivity contribution in [3.63, 3.8) is 0 Å². The molecule has 0 aliphatic heterocycles. The van der Waals surface area contributed by atoms with Gasteiger partial charge in [-0.3, -0.25) is 0 Å². The van der Waals surface area contributed by atoms with Gasteiger partial charge in [-0.25, -0.2) is 18.1 Å². The van der Waals surface area contributed by atoms with Crippen molar-refractivity contribution < 1.29 is 8.42 Å². The Kier molecular flexibility index (Phi) is 3.94. The van der Waals surface area contributed by atoms with Crippen molar-refractivity contribution in [1.82, 2.24) is 9.71 Å². The standard InChI is InChI=1S/C13H18N2O2S2/c1-13(2,3)8-9-14-19(16,17)12-15-10-6-4-5-7-11(10)18-12/h4-7,14H,8-9H2,1-3H3. The fourth-order valence-electron chi connectivity index (χ4n) is 1.59. The normalized spacial score (nSPS) is 13.0. The van der Waals surface area contributed by atoms with Crippen molar-refractivity contribution in [3.05, 3.63) is 24.3 Å². The third-order valence-electron chi connectivity index (χ3n) is 2.67. The van der Waals surface area contributed by atoms with Crippen molar-refractivity contribution in [2.24, 2.45) is 5.41 Å². The minimum absolute atomic E-state index is 0.107. The molecule has 0 saturated heterocycles. The Morgan fingerprint density at radius 2 is 1.95 bits per heavy atom. The van der Waals surface area contributed by atoms with Crippen LogP contribution in [-0.4, -0.2) is 19.9 Å². The monoisotopic (exact) mass is 298 g/mol. The quantitative estimate of drug-likeness (QED) is 0.944. The topological polar surface area (TPSA) is 59.1 Å². The number of thiazole rings is 1. The lowest BCUT2D eigenvalue weighted by Gasteiger charge is -2.17. The Hall–Kier alpha value is -0.980. The number of nitrogens with one attached hydrogen (secondary N) is 1. The van der Waals surface area contributed by atoms with Gasteiger partial charge in [0, 0.05) is 6.54 Å². The summed E-state index contributed by atoms with van der Waals surface area (Å²) in [5.74, 6) is 0. The van der Waals surface area contributed by atoms with E-state index in [1.807, 2.05) is 24.3 Å². The number of hydrogen-bond donors (Lipinski definition) is 1. The lowest BCUT2D eigenvalue weighted by atomic mass is 9.93. The lowest BCUT2D eigenvalue weighted by molar-refractivity contribution is 0.378. The molecule has 0 fully saturated rings. The van der Waals surface area contributed by atoms with Crippen LogP contribution in [-0.2, 0) is 10.0 Å². The first-order chi connectivity index (χ1) is 8.78. The van der Waals surface area contributed by atoms with Crippen LogP contribution < -0.4 is 4.72 Å². The van der Waals surface area contributed by atoms with E-state index in [-0.39, 0.29) is 9.75 Å². The molecule has 2 rings (SSSR count). The molecule has 1 aromatic heterocycles. The molecule has 0 spiro atoms. The minimum atomic E-state index is -3.49. The maximum Gasteiger partial charge on any atom is 0.267 e. The van der Waals surface area contributed by atoms with Crippen LogP contribution in [0.25, 0.3) is 10.2 Å². The summed E-state index contributed by atoms with van der Waals surface area (Å²) < 4.78 is 27.9. The second-order valence-electron chi connectivity index (χ2n) is 5.66. The van der Waals surface area contributed by atoms with Crippen LogP contribution in [0, 0.1) is 5.41 Å². The summed E-state index contributed by atoms with van der Waals surface area (Å²) in [5.41, 5.74) is 0.833. The van der Waals surface area contributed by atoms with Crippen LogP contribution in [0.1, 0.15) is 27.2 Å². The van der Waals surface area contributed by atoms with Gasteiger partial charge in [-0.1, -0.05) is 32.9 Å². The van der Waals surface area contributed by atoms with Crippen LogP contribution in [0.15, 0.2) is 28.6 Å². The zero-order chi connectivity index (χ0) is 14.1. The van der Waals surface area contributed by atoms with Crippen LogP contribution in [0.4, 0.5) is 0 Å². The molecule has 1 aromatic carbocycles. The Morgan fingerprint density at radius 1 is 1.26 bits per heavy atom. The van der Waals surface area contributed by atoms with Crippen LogP contribution in [0.2, 0.25) is 0 Å². The first-order valence-electron chi connectivity index (χ1n) is 6.13. The van der Waals surface area contributed by atoms with Gasteiger partial charge < -0.3 is 0 Å². The summed E-state index contributed by atoms with van der Waals surface area (Å²) in [7, 11) is -3.49. The maximum absolute atomic E-state index is 12.1. The molecule has 1 N–H and O–H groups in total. The fraction of sp³-hybridized carbons (Fsp3) is 0.462. The highest BCUT2D eigenvalue weighted by molar-refractivity contribution is 7.91. The SMILES string of the molecule is CC(C)(C)CCNS(=O)(=O)c1nc2ccccc2s1. The fourth-order valence-corrected chi connectivity index (χ4v) is 3.88. The van der Waals surface area contributed by atoms with Gasteiger partial charge in [-0.05, 0) is 24.0 Å². The zero-order valence-electron chi connectivity index (χ0n) is 11.3. The van der Waals surface area contributed by atoms with Gasteiger partial charge in [0.05, 0.1) is 10.2 Å². The molecule has 6 heteroatoms. The van der Waals surface area contributed by atoms with Gasteiger partial charge in [0.15, 0.2) is 0 Å². The number of nitrogens with zero attached hydrogens (tertiary/aromatic N) is 1. The highest BCUT2D eigenvalue weighted by atomic mass is 32.2. The average Bonchev–Trinajstić information content (AvgIpc) is 2.71. The van der Waals surface area contributed by atoms with E-state index in [0.29, 0.717) is 6.54 Å². The molecule has 104 valence electrons. The second-order valence-corrected chi connectivity index (χ2v) is 8.63. The number of sulfonamides is 1. The summed E-state index contributed by atoms with van der Waals surface area (Å²) in [6.45, 7) is 6.68. The van der Waals surface area contributed by atoms with Gasteiger partial charge in [-0.2, -0.15) is 0 Å². The molecular formula is C13H18N2O2S2. The molecule has 0 radical (unpaired) electrons. The van der Waals surface area contributed by atoms with Gasteiger partial charge in [0.1, 0.15) is 0 Å². The van der Waals surface area contributed by atoms with Crippen LogP contribution in [0.3, 0.4) is 0 Å². The molecule has 0 aliphatic carbocycles. The molecule has 0 atom stereocenters. The highest BCUT2D eigenvalue weighted by Crippen LogP contribution is 2.25. The molecule has 0 aliphatic rings. The Balaban J connectivity index is 2.15. The molecular weight excluding hydrogens is 280 g/mol. The van der Waals surface area contributed by atoms with Gasteiger partial charge >= 0.3 is 0 Å². The predicted molar refractivity (Wildman–Crippen MR) is 78.9 cm³/mol. The van der Waals surface area contributed by atoms with Crippen LogP contribution >= 0.6 is 11.3 Å². The Morgan fingerprint density at radius 3 is 2.58 bits per heavy atom. The molecule has 0 amide bonds. The molecule has 19 heavy (non-hydrogen) atoms. The number of rotatable bonds is 4. The van der Waals surface area contributed by atoms with E-state index < -0.39 is 10.0 Å². The molecule has 0 unspecified atom stereocenters. The third-order valence-corrected chi connectivity index (χ3v) is 5.55. The van der Waals surface area contributed by atoms with Crippen molar-refractivity contribution in [2.75, 3.05) is 6.54 Å². The minimum Gasteiger partial charge on any atom is -0.224 e. The first-order valence-corrected chi connectivity index (χ1v) is 8.43. The van der Waals surface area contributed by atoms with E-state index in [9.17, 15) is 8.42 Å². The molecule has 0 saturated carbocycles. The smallest absolute Gasteiger partial charge is 0.224 e. The van der Waals surface area contributed by atoms with Crippen molar-refractivity contribution in [1.29, 1.82) is 0 Å². The Labute approximate surface area is 117 Å². The average molecular weight is 298 g/mol. The molecule has 1 heterocycles. The summed E-state index contributed by atoms with van der Waals surface area (Å²) in [6.07, 6.45) is 0.789. The highest BCUT2D eigenvalue weighted by Gasteiger charge is 2.20. The second kappa shape index (κ2) is 5.19. The van der Waals surface area contributed by atoms with E-state index in [1.54, 1.807) is 0 Å². The lowest BCUT2D eigenvalue weighted by Crippen LogP contribution is -2.27. The van der Waals surface area contributed by atoms with E-state index >= 15 is 0 Å². The van der Waals surface area contributed by atoms with Crippen molar-refractivity contribution >= 4 is 31.6 Å². The number of aromatic nitrogens is 1. The number of benzene rings is 1. The summed E-state index contributed by atoms with van der Waals surface area (Å²) in [5, 5.41) is 0. The third kappa shape index (κ3) is 3.75.